The normalized spacial score (nSPS) is 11.7. The SMILES string of the molecule is C=CCn1c(COc2ccccc2F)nnc1SC(C)C(=O)Nc1cc(Cl)cc(Cl)c1. The van der Waals surface area contributed by atoms with Crippen LogP contribution in [0.4, 0.5) is 10.1 Å². The molecule has 6 nitrogen and oxygen atoms in total. The van der Waals surface area contributed by atoms with Crippen LogP contribution in [0.25, 0.3) is 0 Å². The lowest BCUT2D eigenvalue weighted by Crippen LogP contribution is -2.23. The first-order chi connectivity index (χ1) is 14.9. The van der Waals surface area contributed by atoms with Crippen molar-refractivity contribution in [3.63, 3.8) is 0 Å². The van der Waals surface area contributed by atoms with Gasteiger partial charge in [-0.25, -0.2) is 4.39 Å². The Balaban J connectivity index is 1.69. The van der Waals surface area contributed by atoms with Crippen molar-refractivity contribution in [3.05, 3.63) is 76.8 Å². The second-order valence-electron chi connectivity index (χ2n) is 6.42. The molecule has 0 aliphatic heterocycles. The smallest absolute Gasteiger partial charge is 0.237 e. The number of rotatable bonds is 9. The molecule has 0 saturated heterocycles. The molecule has 2 aromatic carbocycles. The van der Waals surface area contributed by atoms with Gasteiger partial charge in [-0.15, -0.1) is 16.8 Å². The van der Waals surface area contributed by atoms with Crippen molar-refractivity contribution in [2.45, 2.75) is 30.5 Å². The van der Waals surface area contributed by atoms with E-state index in [1.165, 1.54) is 23.9 Å². The van der Waals surface area contributed by atoms with Crippen LogP contribution in [0.15, 0.2) is 60.3 Å². The molecule has 3 aromatic rings. The fraction of sp³-hybridized carbons (Fsp3) is 0.190. The molecule has 0 saturated carbocycles. The molecule has 1 aromatic heterocycles. The number of aromatic nitrogens is 3. The molecule has 1 unspecified atom stereocenters. The zero-order valence-corrected chi connectivity index (χ0v) is 18.8. The molecule has 1 heterocycles. The number of hydrogen-bond acceptors (Lipinski definition) is 5. The summed E-state index contributed by atoms with van der Waals surface area (Å²) in [6, 6.07) is 10.9. The molecule has 0 bridgehead atoms. The van der Waals surface area contributed by atoms with Crippen molar-refractivity contribution in [2.24, 2.45) is 0 Å². The van der Waals surface area contributed by atoms with Crippen LogP contribution in [0.3, 0.4) is 0 Å². The predicted octanol–water partition coefficient (Wildman–Crippen LogP) is 5.61. The number of para-hydroxylation sites is 1. The molecule has 3 rings (SSSR count). The summed E-state index contributed by atoms with van der Waals surface area (Å²) in [7, 11) is 0. The van der Waals surface area contributed by atoms with E-state index in [9.17, 15) is 9.18 Å². The molecule has 0 fully saturated rings. The van der Waals surface area contributed by atoms with Gasteiger partial charge >= 0.3 is 0 Å². The van der Waals surface area contributed by atoms with Crippen LogP contribution >= 0.6 is 35.0 Å². The minimum absolute atomic E-state index is 0.0178. The first-order valence-corrected chi connectivity index (χ1v) is 10.8. The van der Waals surface area contributed by atoms with E-state index < -0.39 is 11.1 Å². The van der Waals surface area contributed by atoms with Crippen LogP contribution in [0.2, 0.25) is 10.0 Å². The molecule has 162 valence electrons. The maximum Gasteiger partial charge on any atom is 0.237 e. The first kappa shape index (κ1) is 23.1. The predicted molar refractivity (Wildman–Crippen MR) is 121 cm³/mol. The van der Waals surface area contributed by atoms with Crippen molar-refractivity contribution < 1.29 is 13.9 Å². The van der Waals surface area contributed by atoms with Crippen LogP contribution in [-0.2, 0) is 17.9 Å². The Morgan fingerprint density at radius 1 is 1.29 bits per heavy atom. The zero-order chi connectivity index (χ0) is 22.4. The second-order valence-corrected chi connectivity index (χ2v) is 8.61. The summed E-state index contributed by atoms with van der Waals surface area (Å²) in [4.78, 5) is 12.6. The highest BCUT2D eigenvalue weighted by Gasteiger charge is 2.20. The van der Waals surface area contributed by atoms with Crippen LogP contribution < -0.4 is 10.1 Å². The standard InChI is InChI=1S/C21H19Cl2FN4O2S/c1-3-8-28-19(12-30-18-7-5-4-6-17(18)24)26-27-21(28)31-13(2)20(29)25-16-10-14(22)9-15(23)11-16/h3-7,9-11,13H,1,8,12H2,2H3,(H,25,29). The Labute approximate surface area is 193 Å². The van der Waals surface area contributed by atoms with E-state index in [1.54, 1.807) is 47.9 Å². The van der Waals surface area contributed by atoms with E-state index >= 15 is 0 Å². The monoisotopic (exact) mass is 480 g/mol. The van der Waals surface area contributed by atoms with Gasteiger partial charge in [0, 0.05) is 22.3 Å². The van der Waals surface area contributed by atoms with Crippen LogP contribution in [-0.4, -0.2) is 25.9 Å². The van der Waals surface area contributed by atoms with Crippen molar-refractivity contribution in [1.29, 1.82) is 0 Å². The Kier molecular flexibility index (Phi) is 7.95. The molecule has 1 atom stereocenters. The molecule has 1 N–H and O–H groups in total. The highest BCUT2D eigenvalue weighted by atomic mass is 35.5. The number of nitrogens with one attached hydrogen (secondary N) is 1. The van der Waals surface area contributed by atoms with Crippen molar-refractivity contribution in [3.8, 4) is 5.75 Å². The molecule has 31 heavy (non-hydrogen) atoms. The lowest BCUT2D eigenvalue weighted by Gasteiger charge is -2.13. The number of halogens is 3. The van der Waals surface area contributed by atoms with Gasteiger partial charge < -0.3 is 10.1 Å². The highest BCUT2D eigenvalue weighted by molar-refractivity contribution is 8.00. The molecule has 0 radical (unpaired) electrons. The van der Waals surface area contributed by atoms with E-state index in [0.29, 0.717) is 33.3 Å². The van der Waals surface area contributed by atoms with E-state index in [4.69, 9.17) is 27.9 Å². The van der Waals surface area contributed by atoms with Gasteiger partial charge in [-0.05, 0) is 37.3 Å². The summed E-state index contributed by atoms with van der Waals surface area (Å²) >= 11 is 13.2. The third-order valence-electron chi connectivity index (χ3n) is 4.08. The Morgan fingerprint density at radius 3 is 2.68 bits per heavy atom. The van der Waals surface area contributed by atoms with Gasteiger partial charge in [0.2, 0.25) is 5.91 Å². The summed E-state index contributed by atoms with van der Waals surface area (Å²) in [5, 5.41) is 11.9. The van der Waals surface area contributed by atoms with Crippen molar-refractivity contribution in [1.82, 2.24) is 14.8 Å². The number of anilines is 1. The van der Waals surface area contributed by atoms with Gasteiger partial charge in [0.25, 0.3) is 0 Å². The number of amides is 1. The molecular formula is C21H19Cl2FN4O2S. The van der Waals surface area contributed by atoms with Gasteiger partial charge in [-0.2, -0.15) is 0 Å². The lowest BCUT2D eigenvalue weighted by atomic mass is 10.3. The van der Waals surface area contributed by atoms with Gasteiger partial charge in [-0.1, -0.05) is 53.2 Å². The van der Waals surface area contributed by atoms with Crippen LogP contribution in [0.5, 0.6) is 5.75 Å². The van der Waals surface area contributed by atoms with Crippen LogP contribution in [0.1, 0.15) is 12.7 Å². The summed E-state index contributed by atoms with van der Waals surface area (Å²) in [6.45, 7) is 5.91. The number of allylic oxidation sites excluding steroid dienone is 1. The highest BCUT2D eigenvalue weighted by Crippen LogP contribution is 2.26. The number of carbonyl (C=O) groups is 1. The Morgan fingerprint density at radius 2 is 2.00 bits per heavy atom. The summed E-state index contributed by atoms with van der Waals surface area (Å²) in [5.41, 5.74) is 0.501. The minimum Gasteiger partial charge on any atom is -0.483 e. The molecule has 10 heteroatoms. The Bertz CT molecular complexity index is 1070. The van der Waals surface area contributed by atoms with Gasteiger partial charge in [0.05, 0.1) is 5.25 Å². The van der Waals surface area contributed by atoms with E-state index in [1.807, 2.05) is 0 Å². The molecule has 1 amide bonds. The third-order valence-corrected chi connectivity index (χ3v) is 5.60. The Hall–Kier alpha value is -2.55. The second kappa shape index (κ2) is 10.7. The number of hydrogen-bond donors (Lipinski definition) is 1. The van der Waals surface area contributed by atoms with Gasteiger partial charge in [0.1, 0.15) is 6.61 Å². The fourth-order valence-corrected chi connectivity index (χ4v) is 4.01. The molecule has 0 spiro atoms. The number of carbonyl (C=O) groups excluding carboxylic acids is 1. The average molecular weight is 481 g/mol. The lowest BCUT2D eigenvalue weighted by molar-refractivity contribution is -0.115. The maximum absolute atomic E-state index is 13.8. The summed E-state index contributed by atoms with van der Waals surface area (Å²) in [5.74, 6) is -0.100. The fourth-order valence-electron chi connectivity index (χ4n) is 2.61. The van der Waals surface area contributed by atoms with E-state index in [2.05, 4.69) is 22.1 Å². The van der Waals surface area contributed by atoms with E-state index in [0.717, 1.165) is 0 Å². The summed E-state index contributed by atoms with van der Waals surface area (Å²) < 4.78 is 21.1. The van der Waals surface area contributed by atoms with Crippen molar-refractivity contribution in [2.75, 3.05) is 5.32 Å². The molecule has 0 aliphatic carbocycles. The van der Waals surface area contributed by atoms with Crippen molar-refractivity contribution >= 4 is 46.6 Å². The maximum atomic E-state index is 13.8. The minimum atomic E-state index is -0.495. The molecule has 0 aliphatic rings. The average Bonchev–Trinajstić information content (AvgIpc) is 3.08. The topological polar surface area (TPSA) is 69.0 Å². The zero-order valence-electron chi connectivity index (χ0n) is 16.5. The number of ether oxygens (including phenoxy) is 1. The number of benzene rings is 2. The van der Waals surface area contributed by atoms with Gasteiger partial charge in [-0.3, -0.25) is 9.36 Å². The third kappa shape index (κ3) is 6.22. The largest absolute Gasteiger partial charge is 0.483 e. The number of nitrogens with zero attached hydrogens (tertiary/aromatic N) is 3. The molecular weight excluding hydrogens is 462 g/mol. The summed E-state index contributed by atoms with van der Waals surface area (Å²) in [6.07, 6.45) is 1.68. The van der Waals surface area contributed by atoms with Crippen LogP contribution in [0, 0.1) is 5.82 Å². The number of thioether (sulfide) groups is 1. The first-order valence-electron chi connectivity index (χ1n) is 9.21. The van der Waals surface area contributed by atoms with Gasteiger partial charge in [0.15, 0.2) is 22.5 Å². The van der Waals surface area contributed by atoms with E-state index in [-0.39, 0.29) is 18.3 Å². The quantitative estimate of drug-likeness (QED) is 0.318.